The van der Waals surface area contributed by atoms with Gasteiger partial charge in [0.05, 0.1) is 6.54 Å². The Morgan fingerprint density at radius 3 is 2.68 bits per heavy atom. The van der Waals surface area contributed by atoms with Gasteiger partial charge in [0.2, 0.25) is 0 Å². The molecule has 5 nitrogen and oxygen atoms in total. The van der Waals surface area contributed by atoms with Gasteiger partial charge in [-0.05, 0) is 6.92 Å². The van der Waals surface area contributed by atoms with Gasteiger partial charge in [0.1, 0.15) is 6.33 Å². The molecule has 0 unspecified atom stereocenters. The van der Waals surface area contributed by atoms with E-state index in [1.807, 2.05) is 0 Å². The third kappa shape index (κ3) is 3.46. The van der Waals surface area contributed by atoms with Crippen LogP contribution >= 0.6 is 0 Å². The first kappa shape index (κ1) is 13.9. The van der Waals surface area contributed by atoms with Gasteiger partial charge in [-0.25, -0.2) is 9.78 Å². The molecule has 2 rings (SSSR count). The number of aromatic nitrogens is 2. The number of piperazine rings is 1. The van der Waals surface area contributed by atoms with E-state index in [-0.39, 0.29) is 31.7 Å². The van der Waals surface area contributed by atoms with Crippen molar-refractivity contribution in [3.05, 3.63) is 18.7 Å². The molecule has 1 fully saturated rings. The van der Waals surface area contributed by atoms with Gasteiger partial charge in [-0.3, -0.25) is 9.47 Å². The van der Waals surface area contributed by atoms with Crippen LogP contribution in [-0.2, 0) is 0 Å². The molecule has 0 bridgehead atoms. The number of hydrogen-bond acceptors (Lipinski definition) is 3. The molecular formula is C11H15F3N4O. The Morgan fingerprint density at radius 2 is 2.16 bits per heavy atom. The highest BCUT2D eigenvalue weighted by Gasteiger charge is 2.35. The van der Waals surface area contributed by atoms with Crippen molar-refractivity contribution in [1.29, 1.82) is 0 Å². The number of imidazole rings is 1. The maximum absolute atomic E-state index is 12.3. The van der Waals surface area contributed by atoms with Crippen LogP contribution in [0.15, 0.2) is 18.7 Å². The molecule has 1 saturated heterocycles. The van der Waals surface area contributed by atoms with Crippen LogP contribution in [0.4, 0.5) is 18.0 Å². The standard InChI is InChI=1S/C11H15F3N4O/c1-9-6-16(7-11(12,13)14)4-5-18(9)10(19)17-3-2-15-8-17/h2-3,8-9H,4-7H2,1H3/t9-/m0/s1. The first-order chi connectivity index (χ1) is 8.87. The fourth-order valence-electron chi connectivity index (χ4n) is 2.23. The van der Waals surface area contributed by atoms with Gasteiger partial charge in [-0.15, -0.1) is 0 Å². The van der Waals surface area contributed by atoms with Gasteiger partial charge in [0.15, 0.2) is 0 Å². The van der Waals surface area contributed by atoms with Crippen molar-refractivity contribution in [3.63, 3.8) is 0 Å². The zero-order valence-corrected chi connectivity index (χ0v) is 10.5. The van der Waals surface area contributed by atoms with Crippen molar-refractivity contribution in [2.24, 2.45) is 0 Å². The third-order valence-corrected chi connectivity index (χ3v) is 3.09. The van der Waals surface area contributed by atoms with E-state index in [9.17, 15) is 18.0 Å². The van der Waals surface area contributed by atoms with Crippen LogP contribution in [0.3, 0.4) is 0 Å². The van der Waals surface area contributed by atoms with Gasteiger partial charge in [0, 0.05) is 38.1 Å². The van der Waals surface area contributed by atoms with E-state index < -0.39 is 12.7 Å². The molecule has 0 N–H and O–H groups in total. The lowest BCUT2D eigenvalue weighted by Gasteiger charge is -2.39. The summed E-state index contributed by atoms with van der Waals surface area (Å²) in [6.07, 6.45) is 0.201. The van der Waals surface area contributed by atoms with Crippen LogP contribution in [0.1, 0.15) is 6.92 Å². The molecule has 1 aliphatic heterocycles. The van der Waals surface area contributed by atoms with Gasteiger partial charge in [-0.2, -0.15) is 13.2 Å². The molecule has 1 aromatic rings. The van der Waals surface area contributed by atoms with E-state index in [0.29, 0.717) is 0 Å². The van der Waals surface area contributed by atoms with Crippen LogP contribution in [0.5, 0.6) is 0 Å². The lowest BCUT2D eigenvalue weighted by molar-refractivity contribution is -0.150. The van der Waals surface area contributed by atoms with Crippen molar-refractivity contribution < 1.29 is 18.0 Å². The fraction of sp³-hybridized carbons (Fsp3) is 0.636. The minimum atomic E-state index is -4.20. The number of carbonyl (C=O) groups excluding carboxylic acids is 1. The van der Waals surface area contributed by atoms with Gasteiger partial charge < -0.3 is 4.90 Å². The van der Waals surface area contributed by atoms with Crippen LogP contribution in [0, 0.1) is 0 Å². The number of rotatable bonds is 1. The van der Waals surface area contributed by atoms with E-state index >= 15 is 0 Å². The number of amides is 1. The number of halogens is 3. The molecule has 19 heavy (non-hydrogen) atoms. The van der Waals surface area contributed by atoms with E-state index in [4.69, 9.17) is 0 Å². The Hall–Kier alpha value is -1.57. The molecule has 8 heteroatoms. The Kier molecular flexibility index (Phi) is 3.79. The van der Waals surface area contributed by atoms with Gasteiger partial charge >= 0.3 is 12.2 Å². The number of hydrogen-bond donors (Lipinski definition) is 0. The second-order valence-corrected chi connectivity index (χ2v) is 4.65. The molecule has 1 amide bonds. The minimum absolute atomic E-state index is 0.222. The van der Waals surface area contributed by atoms with Gasteiger partial charge in [0.25, 0.3) is 0 Å². The molecule has 1 aromatic heterocycles. The summed E-state index contributed by atoms with van der Waals surface area (Å²) in [5.41, 5.74) is 0. The Morgan fingerprint density at radius 1 is 1.42 bits per heavy atom. The topological polar surface area (TPSA) is 41.4 Å². The molecular weight excluding hydrogens is 261 g/mol. The van der Waals surface area contributed by atoms with Crippen LogP contribution in [0.25, 0.3) is 0 Å². The fourth-order valence-corrected chi connectivity index (χ4v) is 2.23. The van der Waals surface area contributed by atoms with Crippen LogP contribution in [0.2, 0.25) is 0 Å². The first-order valence-corrected chi connectivity index (χ1v) is 5.95. The summed E-state index contributed by atoms with van der Waals surface area (Å²) in [5, 5.41) is 0. The predicted molar refractivity (Wildman–Crippen MR) is 61.7 cm³/mol. The largest absolute Gasteiger partial charge is 0.401 e. The smallest absolute Gasteiger partial charge is 0.319 e. The zero-order valence-electron chi connectivity index (χ0n) is 10.5. The normalized spacial score (nSPS) is 21.7. The highest BCUT2D eigenvalue weighted by molar-refractivity contribution is 5.77. The summed E-state index contributed by atoms with van der Waals surface area (Å²) >= 11 is 0. The summed E-state index contributed by atoms with van der Waals surface area (Å²) in [6, 6.07) is -0.511. The third-order valence-electron chi connectivity index (χ3n) is 3.09. The second kappa shape index (κ2) is 5.20. The molecule has 1 atom stereocenters. The SMILES string of the molecule is C[C@H]1CN(CC(F)(F)F)CCN1C(=O)n1ccnc1. The Labute approximate surface area is 108 Å². The summed E-state index contributed by atoms with van der Waals surface area (Å²) in [4.78, 5) is 18.7. The van der Waals surface area contributed by atoms with Crippen molar-refractivity contribution in [2.75, 3.05) is 26.2 Å². The average molecular weight is 276 g/mol. The molecule has 0 saturated carbocycles. The van der Waals surface area contributed by atoms with Crippen LogP contribution < -0.4 is 0 Å². The van der Waals surface area contributed by atoms with Crippen molar-refractivity contribution >= 4 is 6.03 Å². The minimum Gasteiger partial charge on any atom is -0.319 e. The average Bonchev–Trinajstić information content (AvgIpc) is 2.79. The maximum Gasteiger partial charge on any atom is 0.401 e. The first-order valence-electron chi connectivity index (χ1n) is 5.95. The summed E-state index contributed by atoms with van der Waals surface area (Å²) in [6.45, 7) is 1.56. The van der Waals surface area contributed by atoms with Crippen molar-refractivity contribution in [1.82, 2.24) is 19.4 Å². The van der Waals surface area contributed by atoms with Crippen LogP contribution in [-0.4, -0.2) is 63.8 Å². The highest BCUT2D eigenvalue weighted by atomic mass is 19.4. The molecule has 106 valence electrons. The monoisotopic (exact) mass is 276 g/mol. The van der Waals surface area contributed by atoms with Crippen molar-refractivity contribution in [3.8, 4) is 0 Å². The molecule has 0 aromatic carbocycles. The summed E-state index contributed by atoms with van der Waals surface area (Å²) in [7, 11) is 0. The maximum atomic E-state index is 12.3. The zero-order chi connectivity index (χ0) is 14.0. The molecule has 2 heterocycles. The lowest BCUT2D eigenvalue weighted by Crippen LogP contribution is -2.56. The molecule has 1 aliphatic rings. The summed E-state index contributed by atoms with van der Waals surface area (Å²) in [5.74, 6) is 0. The van der Waals surface area contributed by atoms with E-state index in [2.05, 4.69) is 4.98 Å². The Balaban J connectivity index is 1.96. The molecule has 0 radical (unpaired) electrons. The summed E-state index contributed by atoms with van der Waals surface area (Å²) < 4.78 is 38.3. The lowest BCUT2D eigenvalue weighted by atomic mass is 10.2. The van der Waals surface area contributed by atoms with Crippen molar-refractivity contribution in [2.45, 2.75) is 19.1 Å². The van der Waals surface area contributed by atoms with Gasteiger partial charge in [-0.1, -0.05) is 0 Å². The van der Waals surface area contributed by atoms with E-state index in [1.54, 1.807) is 11.8 Å². The number of nitrogens with zero attached hydrogens (tertiary/aromatic N) is 4. The highest BCUT2D eigenvalue weighted by Crippen LogP contribution is 2.19. The van der Waals surface area contributed by atoms with E-state index in [1.165, 1.54) is 28.2 Å². The quantitative estimate of drug-likeness (QED) is 0.779. The Bertz CT molecular complexity index is 432. The van der Waals surface area contributed by atoms with E-state index in [0.717, 1.165) is 0 Å². The second-order valence-electron chi connectivity index (χ2n) is 4.65. The predicted octanol–water partition coefficient (Wildman–Crippen LogP) is 1.42. The molecule has 0 spiro atoms. The number of carbonyl (C=O) groups is 1. The number of alkyl halides is 3. The molecule has 0 aliphatic carbocycles.